The van der Waals surface area contributed by atoms with Gasteiger partial charge in [0.05, 0.1) is 5.57 Å². The van der Waals surface area contributed by atoms with Gasteiger partial charge in [0.25, 0.3) is 5.39 Å². The Labute approximate surface area is 114 Å². The van der Waals surface area contributed by atoms with E-state index in [0.29, 0.717) is 5.56 Å². The molecule has 1 N–H and O–H groups in total. The summed E-state index contributed by atoms with van der Waals surface area (Å²) < 4.78 is 0. The average Bonchev–Trinajstić information content (AvgIpc) is 2.49. The van der Waals surface area contributed by atoms with Crippen molar-refractivity contribution in [3.63, 3.8) is 0 Å². The van der Waals surface area contributed by atoms with Gasteiger partial charge in [-0.3, -0.25) is 4.79 Å². The van der Waals surface area contributed by atoms with E-state index < -0.39 is 0 Å². The smallest absolute Gasteiger partial charge is 0.289 e. The fourth-order valence-corrected chi connectivity index (χ4v) is 1.74. The van der Waals surface area contributed by atoms with Crippen LogP contribution in [0.3, 0.4) is 0 Å². The lowest BCUT2D eigenvalue weighted by Crippen LogP contribution is -2.22. The number of carbonyl (C=O) groups excluding carboxylic acids is 1. The Hall–Kier alpha value is -3.27. The fraction of sp³-hybridized carbons (Fsp3) is 0. The van der Waals surface area contributed by atoms with Crippen LogP contribution in [-0.4, -0.2) is 17.2 Å². The molecule has 7 nitrogen and oxygen atoms in total. The minimum absolute atomic E-state index is 0.0693. The third kappa shape index (κ3) is 2.59. The van der Waals surface area contributed by atoms with E-state index in [1.807, 2.05) is 0 Å². The first-order chi connectivity index (χ1) is 9.77. The van der Waals surface area contributed by atoms with Gasteiger partial charge in [0, 0.05) is 5.56 Å². The van der Waals surface area contributed by atoms with Crippen LogP contribution in [0.2, 0.25) is 0 Å². The zero-order valence-corrected chi connectivity index (χ0v) is 10.3. The van der Waals surface area contributed by atoms with E-state index in [0.717, 1.165) is 0 Å². The van der Waals surface area contributed by atoms with Crippen LogP contribution in [0.4, 0.5) is 0 Å². The monoisotopic (exact) mass is 265 g/mol. The number of diazo groups is 1. The molecule has 96 valence electrons. The van der Waals surface area contributed by atoms with Crippen molar-refractivity contribution >= 4 is 17.2 Å². The van der Waals surface area contributed by atoms with Gasteiger partial charge in [0.2, 0.25) is 0 Å². The van der Waals surface area contributed by atoms with Crippen molar-refractivity contribution < 1.29 is 4.79 Å². The normalized spacial score (nSPS) is 17.6. The maximum Gasteiger partial charge on any atom is 0.339 e. The topological polar surface area (TPSA) is 106 Å². The van der Waals surface area contributed by atoms with Crippen LogP contribution < -0.4 is 0 Å². The summed E-state index contributed by atoms with van der Waals surface area (Å²) in [6, 6.07) is 8.62. The molecule has 7 heteroatoms. The van der Waals surface area contributed by atoms with Gasteiger partial charge in [-0.15, -0.1) is 5.10 Å². The van der Waals surface area contributed by atoms with Crippen molar-refractivity contribution in [2.45, 2.75) is 0 Å². The largest absolute Gasteiger partial charge is 0.339 e. The van der Waals surface area contributed by atoms with Crippen LogP contribution >= 0.6 is 0 Å². The second-order valence-electron chi connectivity index (χ2n) is 3.76. The SMILES string of the molecule is N#[N+]N=C1C(C(=O)c2ccccc2)=CC=CC1=NN=N. The third-order valence-corrected chi connectivity index (χ3v) is 2.60. The maximum atomic E-state index is 12.4. The molecule has 1 aromatic carbocycles. The van der Waals surface area contributed by atoms with Gasteiger partial charge < -0.3 is 0 Å². The quantitative estimate of drug-likeness (QED) is 0.298. The molecule has 2 rings (SSSR count). The minimum Gasteiger partial charge on any atom is -0.289 e. The summed E-state index contributed by atoms with van der Waals surface area (Å²) in [6.45, 7) is 0. The van der Waals surface area contributed by atoms with Gasteiger partial charge in [-0.05, 0) is 12.2 Å². The number of hydrogen-bond acceptors (Lipinski definition) is 5. The summed E-state index contributed by atoms with van der Waals surface area (Å²) in [4.78, 5) is 12.4. The van der Waals surface area contributed by atoms with Gasteiger partial charge in [0.1, 0.15) is 5.71 Å². The van der Waals surface area contributed by atoms with Crippen molar-refractivity contribution in [1.82, 2.24) is 0 Å². The highest BCUT2D eigenvalue weighted by atomic mass is 16.1. The molecular weight excluding hydrogens is 256 g/mol. The van der Waals surface area contributed by atoms with Gasteiger partial charge in [-0.2, -0.15) is 5.53 Å². The highest BCUT2D eigenvalue weighted by Gasteiger charge is 2.26. The predicted molar refractivity (Wildman–Crippen MR) is 73.1 cm³/mol. The zero-order valence-electron chi connectivity index (χ0n) is 10.3. The number of carbonyl (C=O) groups is 1. The Morgan fingerprint density at radius 3 is 2.65 bits per heavy atom. The number of Topliss-reactive ketones (excluding diaryl/α,β-unsaturated/α-hetero) is 1. The van der Waals surface area contributed by atoms with Crippen molar-refractivity contribution in [1.29, 1.82) is 10.9 Å². The summed E-state index contributed by atoms with van der Waals surface area (Å²) in [5, 5.41) is 21.2. The molecule has 1 aromatic rings. The summed E-state index contributed by atoms with van der Waals surface area (Å²) in [5.41, 5.74) is 7.69. The number of nitrogens with one attached hydrogen (secondary N) is 1. The van der Waals surface area contributed by atoms with Crippen molar-refractivity contribution in [3.8, 4) is 0 Å². The van der Waals surface area contributed by atoms with Gasteiger partial charge in [0.15, 0.2) is 16.6 Å². The number of allylic oxidation sites excluding steroid dienone is 4. The van der Waals surface area contributed by atoms with Crippen molar-refractivity contribution in [2.24, 2.45) is 15.4 Å². The Morgan fingerprint density at radius 2 is 2.00 bits per heavy atom. The lowest BCUT2D eigenvalue weighted by Gasteiger charge is -2.08. The molecule has 1 aliphatic rings. The zero-order chi connectivity index (χ0) is 14.4. The number of rotatable bonds is 3. The van der Waals surface area contributed by atoms with Crippen molar-refractivity contribution in [3.05, 3.63) is 64.8 Å². The second kappa shape index (κ2) is 6.06. The van der Waals surface area contributed by atoms with Crippen LogP contribution in [0.5, 0.6) is 0 Å². The van der Waals surface area contributed by atoms with Crippen molar-refractivity contribution in [2.75, 3.05) is 0 Å². The molecule has 0 aromatic heterocycles. The molecule has 0 spiro atoms. The molecule has 0 saturated carbocycles. The summed E-state index contributed by atoms with van der Waals surface area (Å²) in [7, 11) is 0. The van der Waals surface area contributed by atoms with E-state index >= 15 is 0 Å². The van der Waals surface area contributed by atoms with E-state index in [-0.39, 0.29) is 22.8 Å². The van der Waals surface area contributed by atoms with Gasteiger partial charge >= 0.3 is 5.08 Å². The standard InChI is InChI=1S/C13H9N6O/c14-18-16-11-8-4-7-10(12(11)17-19-15)13(20)9-5-2-1-3-6-9/h1-8,14H/q+1. The molecule has 0 aliphatic heterocycles. The molecule has 0 unspecified atom stereocenters. The average molecular weight is 265 g/mol. The van der Waals surface area contributed by atoms with E-state index in [4.69, 9.17) is 10.9 Å². The summed E-state index contributed by atoms with van der Waals surface area (Å²) >= 11 is 0. The Balaban J connectivity index is 2.48. The molecule has 0 saturated heterocycles. The molecule has 0 bridgehead atoms. The molecular formula is C13H9N6O+. The number of hydrogen-bond donors (Lipinski definition) is 1. The molecule has 20 heavy (non-hydrogen) atoms. The lowest BCUT2D eigenvalue weighted by molar-refractivity contribution is 0.104. The first-order valence-corrected chi connectivity index (χ1v) is 5.63. The Morgan fingerprint density at radius 1 is 1.25 bits per heavy atom. The van der Waals surface area contributed by atoms with E-state index in [9.17, 15) is 4.79 Å². The second-order valence-corrected chi connectivity index (χ2v) is 3.76. The third-order valence-electron chi connectivity index (χ3n) is 2.60. The van der Waals surface area contributed by atoms with Crippen LogP contribution in [0.25, 0.3) is 5.08 Å². The maximum absolute atomic E-state index is 12.4. The number of nitrogens with zero attached hydrogens (tertiary/aromatic N) is 5. The highest BCUT2D eigenvalue weighted by Crippen LogP contribution is 2.15. The molecule has 0 fully saturated rings. The Kier molecular flexibility index (Phi) is 3.99. The fourth-order valence-electron chi connectivity index (χ4n) is 1.74. The van der Waals surface area contributed by atoms with Gasteiger partial charge in [-0.25, -0.2) is 0 Å². The van der Waals surface area contributed by atoms with Crippen LogP contribution in [-0.2, 0) is 0 Å². The van der Waals surface area contributed by atoms with E-state index in [2.05, 4.69) is 20.5 Å². The first-order valence-electron chi connectivity index (χ1n) is 5.63. The summed E-state index contributed by atoms with van der Waals surface area (Å²) in [5.74, 6) is -0.282. The van der Waals surface area contributed by atoms with Gasteiger partial charge in [-0.1, -0.05) is 41.6 Å². The van der Waals surface area contributed by atoms with Crippen LogP contribution in [0.15, 0.2) is 69.6 Å². The lowest BCUT2D eigenvalue weighted by atomic mass is 9.93. The molecule has 0 atom stereocenters. The summed E-state index contributed by atoms with van der Waals surface area (Å²) in [6.07, 6.45) is 4.66. The molecule has 0 amide bonds. The number of ketones is 1. The highest BCUT2D eigenvalue weighted by molar-refractivity contribution is 6.58. The minimum atomic E-state index is -0.282. The van der Waals surface area contributed by atoms with Crippen LogP contribution in [0, 0.1) is 10.9 Å². The van der Waals surface area contributed by atoms with E-state index in [1.165, 1.54) is 6.08 Å². The molecule has 1 aliphatic carbocycles. The van der Waals surface area contributed by atoms with E-state index in [1.54, 1.807) is 42.5 Å². The Bertz CT molecular complexity index is 706. The molecule has 0 radical (unpaired) electrons. The first kappa shape index (κ1) is 13.2. The molecule has 0 heterocycles. The number of benzene rings is 1. The van der Waals surface area contributed by atoms with Crippen LogP contribution in [0.1, 0.15) is 10.4 Å². The predicted octanol–water partition coefficient (Wildman–Crippen LogP) is 2.96.